The van der Waals surface area contributed by atoms with Crippen molar-refractivity contribution in [3.05, 3.63) is 53.4 Å². The van der Waals surface area contributed by atoms with Gasteiger partial charge < -0.3 is 15.3 Å². The second-order valence-electron chi connectivity index (χ2n) is 16.4. The largest absolute Gasteiger partial charge is 0.396 e. The Hall–Kier alpha value is -1.49. The van der Waals surface area contributed by atoms with Gasteiger partial charge in [0.25, 0.3) is 0 Å². The summed E-state index contributed by atoms with van der Waals surface area (Å²) in [7, 11) is 0. The van der Waals surface area contributed by atoms with Gasteiger partial charge >= 0.3 is 0 Å². The lowest BCUT2D eigenvalue weighted by molar-refractivity contribution is -0.228. The maximum Gasteiger partial charge on any atom is 0.178 e. The summed E-state index contributed by atoms with van der Waals surface area (Å²) in [5.41, 5.74) is 3.68. The number of aliphatic hydroxyl groups excluding tert-OH is 2. The van der Waals surface area contributed by atoms with E-state index in [9.17, 15) is 15.3 Å². The first-order valence-electron chi connectivity index (χ1n) is 16.3. The van der Waals surface area contributed by atoms with Crippen molar-refractivity contribution < 1.29 is 19.7 Å². The molecule has 5 aliphatic rings. The van der Waals surface area contributed by atoms with Gasteiger partial charge in [-0.15, -0.1) is 0 Å². The predicted octanol–water partition coefficient (Wildman–Crippen LogP) is 8.45. The topological polar surface area (TPSA) is 60.7 Å². The van der Waals surface area contributed by atoms with E-state index in [1.807, 2.05) is 0 Å². The van der Waals surface area contributed by atoms with Crippen molar-refractivity contribution in [2.45, 2.75) is 106 Å². The van der Waals surface area contributed by atoms with Crippen molar-refractivity contribution in [1.29, 1.82) is 0 Å². The minimum absolute atomic E-state index is 0.0776. The highest BCUT2D eigenvalue weighted by Gasteiger charge is 2.70. The Labute approximate surface area is 247 Å². The molecule has 4 heteroatoms. The van der Waals surface area contributed by atoms with Gasteiger partial charge in [-0.25, -0.2) is 4.39 Å². The first kappa shape index (κ1) is 29.6. The number of hydrogen-bond donors (Lipinski definition) is 3. The lowest BCUT2D eigenvalue weighted by Gasteiger charge is -2.72. The second-order valence-corrected chi connectivity index (χ2v) is 16.4. The number of allylic oxidation sites excluding steroid dienone is 3. The number of rotatable bonds is 4. The molecule has 0 spiro atoms. The van der Waals surface area contributed by atoms with Crippen LogP contribution < -0.4 is 0 Å². The van der Waals surface area contributed by atoms with Gasteiger partial charge in [-0.05, 0) is 133 Å². The zero-order chi connectivity index (χ0) is 29.8. The molecule has 6 rings (SSSR count). The molecule has 0 amide bonds. The molecule has 0 radical (unpaired) electrons. The molecule has 4 fully saturated rings. The van der Waals surface area contributed by atoms with E-state index in [0.29, 0.717) is 41.8 Å². The third-order valence-electron chi connectivity index (χ3n) is 14.7. The summed E-state index contributed by atoms with van der Waals surface area (Å²) >= 11 is 0. The molecule has 3 N–H and O–H groups in total. The fraction of sp³-hybridized carbons (Fsp3) is 0.730. The van der Waals surface area contributed by atoms with Gasteiger partial charge in [-0.2, -0.15) is 0 Å². The molecule has 0 bridgehead atoms. The fourth-order valence-electron chi connectivity index (χ4n) is 12.5. The lowest BCUT2D eigenvalue weighted by atomic mass is 9.32. The summed E-state index contributed by atoms with van der Waals surface area (Å²) < 4.78 is 15.4. The second kappa shape index (κ2) is 9.50. The third kappa shape index (κ3) is 3.85. The number of hydrogen-bond acceptors (Lipinski definition) is 3. The first-order valence-corrected chi connectivity index (χ1v) is 16.3. The van der Waals surface area contributed by atoms with Gasteiger partial charge in [-0.1, -0.05) is 65.0 Å². The van der Waals surface area contributed by atoms with Crippen LogP contribution in [0.15, 0.2) is 36.4 Å². The fourth-order valence-corrected chi connectivity index (χ4v) is 12.5. The highest BCUT2D eigenvalue weighted by molar-refractivity contribution is 5.72. The summed E-state index contributed by atoms with van der Waals surface area (Å²) in [5.74, 6) is 2.40. The van der Waals surface area contributed by atoms with Gasteiger partial charge in [0.2, 0.25) is 0 Å². The van der Waals surface area contributed by atoms with Crippen LogP contribution >= 0.6 is 0 Å². The summed E-state index contributed by atoms with van der Waals surface area (Å²) in [6.07, 6.45) is 11.1. The van der Waals surface area contributed by atoms with E-state index in [1.54, 1.807) is 12.1 Å². The molecule has 9 unspecified atom stereocenters. The molecule has 0 aromatic heterocycles. The van der Waals surface area contributed by atoms with Gasteiger partial charge in [0.1, 0.15) is 5.82 Å². The minimum atomic E-state index is -1.67. The first-order chi connectivity index (χ1) is 19.2. The zero-order valence-electron chi connectivity index (χ0n) is 26.3. The molecular formula is C37H53FO3. The zero-order valence-corrected chi connectivity index (χ0v) is 26.3. The summed E-state index contributed by atoms with van der Waals surface area (Å²) in [4.78, 5) is 0. The van der Waals surface area contributed by atoms with E-state index in [4.69, 9.17) is 0 Å². The van der Waals surface area contributed by atoms with E-state index in [0.717, 1.165) is 31.3 Å². The van der Waals surface area contributed by atoms with Crippen molar-refractivity contribution in [2.24, 2.45) is 56.7 Å². The van der Waals surface area contributed by atoms with Crippen molar-refractivity contribution in [3.8, 4) is 0 Å². The van der Waals surface area contributed by atoms with Crippen LogP contribution in [-0.4, -0.2) is 21.9 Å². The Morgan fingerprint density at radius 2 is 1.68 bits per heavy atom. The van der Waals surface area contributed by atoms with Crippen molar-refractivity contribution in [1.82, 2.24) is 0 Å². The van der Waals surface area contributed by atoms with Crippen LogP contribution in [0.3, 0.4) is 0 Å². The average molecular weight is 565 g/mol. The van der Waals surface area contributed by atoms with Crippen molar-refractivity contribution in [2.75, 3.05) is 6.61 Å². The highest BCUT2D eigenvalue weighted by atomic mass is 19.1. The Balaban J connectivity index is 1.37. The number of halogens is 1. The van der Waals surface area contributed by atoms with E-state index < -0.39 is 6.29 Å². The Bertz CT molecular complexity index is 1260. The molecule has 4 saturated carbocycles. The molecule has 41 heavy (non-hydrogen) atoms. The standard InChI is InChI=1S/C37H53FO3/c1-22(2)24-12-17-37(21-39)19-18-35(6)27(31(24)37)10-11-30-34(5)15-13-26(25-9-8-23(32(40)41)20-28(25)38)33(3,4)29(34)14-16-36(30,35)7/h8-9,13,20,24,27,29-32,39-41H,1,10-12,14-19,21H2,2-7H3. The average Bonchev–Trinajstić information content (AvgIpc) is 3.30. The van der Waals surface area contributed by atoms with Crippen LogP contribution in [0, 0.1) is 62.5 Å². The Morgan fingerprint density at radius 3 is 2.32 bits per heavy atom. The summed E-state index contributed by atoms with van der Waals surface area (Å²) in [6, 6.07) is 4.67. The van der Waals surface area contributed by atoms with Crippen LogP contribution in [0.4, 0.5) is 4.39 Å². The molecule has 226 valence electrons. The number of fused-ring (bicyclic) bond motifs is 7. The van der Waals surface area contributed by atoms with Gasteiger partial charge in [0.05, 0.1) is 0 Å². The van der Waals surface area contributed by atoms with Gasteiger partial charge in [0.15, 0.2) is 6.29 Å². The van der Waals surface area contributed by atoms with E-state index >= 15 is 4.39 Å². The van der Waals surface area contributed by atoms with E-state index in [1.165, 1.54) is 43.7 Å². The molecule has 9 atom stereocenters. The molecule has 5 aliphatic carbocycles. The van der Waals surface area contributed by atoms with Crippen molar-refractivity contribution in [3.63, 3.8) is 0 Å². The molecule has 1 aromatic carbocycles. The van der Waals surface area contributed by atoms with E-state index in [-0.39, 0.29) is 38.5 Å². The minimum Gasteiger partial charge on any atom is -0.396 e. The number of benzene rings is 1. The maximum absolute atomic E-state index is 15.4. The molecule has 0 aliphatic heterocycles. The van der Waals surface area contributed by atoms with Crippen LogP contribution in [0.25, 0.3) is 5.57 Å². The smallest absolute Gasteiger partial charge is 0.178 e. The van der Waals surface area contributed by atoms with Crippen LogP contribution in [0.1, 0.15) is 117 Å². The van der Waals surface area contributed by atoms with Crippen molar-refractivity contribution >= 4 is 5.57 Å². The monoisotopic (exact) mass is 564 g/mol. The van der Waals surface area contributed by atoms with Crippen LogP contribution in [0.5, 0.6) is 0 Å². The molecule has 3 nitrogen and oxygen atoms in total. The lowest BCUT2D eigenvalue weighted by Crippen LogP contribution is -2.65. The quantitative estimate of drug-likeness (QED) is 0.254. The van der Waals surface area contributed by atoms with Crippen LogP contribution in [-0.2, 0) is 0 Å². The summed E-state index contributed by atoms with van der Waals surface area (Å²) in [5, 5.41) is 29.9. The SMILES string of the molecule is C=C(C)C1CCC2(CO)CCC3(C)C(CCC4C5(C)CC=C(c6ccc(C(O)O)cc6F)C(C)(C)C5CCC43C)C12. The van der Waals surface area contributed by atoms with Gasteiger partial charge in [0, 0.05) is 17.7 Å². The molecule has 0 saturated heterocycles. The Kier molecular flexibility index (Phi) is 6.86. The summed E-state index contributed by atoms with van der Waals surface area (Å²) in [6.45, 7) is 19.4. The maximum atomic E-state index is 15.4. The molecule has 1 aromatic rings. The molecule has 0 heterocycles. The van der Waals surface area contributed by atoms with Gasteiger partial charge in [-0.3, -0.25) is 0 Å². The van der Waals surface area contributed by atoms with Crippen LogP contribution in [0.2, 0.25) is 0 Å². The third-order valence-corrected chi connectivity index (χ3v) is 14.7. The predicted molar refractivity (Wildman–Crippen MR) is 163 cm³/mol. The number of aliphatic hydroxyl groups is 3. The molecular weight excluding hydrogens is 511 g/mol. The Morgan fingerprint density at radius 1 is 0.951 bits per heavy atom. The highest BCUT2D eigenvalue weighted by Crippen LogP contribution is 2.77. The van der Waals surface area contributed by atoms with E-state index in [2.05, 4.69) is 54.2 Å². The normalized spacial score (nSPS) is 44.9.